The van der Waals surface area contributed by atoms with Crippen LogP contribution in [0, 0.1) is 5.82 Å². The molecule has 1 N–H and O–H groups in total. The van der Waals surface area contributed by atoms with Gasteiger partial charge in [0.05, 0.1) is 18.2 Å². The Morgan fingerprint density at radius 1 is 0.946 bits per heavy atom. The van der Waals surface area contributed by atoms with Gasteiger partial charge in [-0.2, -0.15) is 13.2 Å². The fourth-order valence-corrected chi connectivity index (χ4v) is 3.94. The van der Waals surface area contributed by atoms with E-state index in [1.54, 1.807) is 23.1 Å². The number of aromatic nitrogens is 1. The van der Waals surface area contributed by atoms with Gasteiger partial charge in [0.15, 0.2) is 5.69 Å². The minimum absolute atomic E-state index is 0.0857. The Bertz CT molecular complexity index is 1340. The van der Waals surface area contributed by atoms with E-state index in [0.29, 0.717) is 11.1 Å². The van der Waals surface area contributed by atoms with Gasteiger partial charge in [-0.1, -0.05) is 60.7 Å². The topological polar surface area (TPSA) is 58.4 Å². The van der Waals surface area contributed by atoms with Gasteiger partial charge in [-0.25, -0.2) is 9.37 Å². The van der Waals surface area contributed by atoms with Crippen LogP contribution >= 0.6 is 0 Å². The van der Waals surface area contributed by atoms with Crippen LogP contribution in [0.1, 0.15) is 51.6 Å². The molecule has 1 unspecified atom stereocenters. The number of halogens is 4. The zero-order valence-electron chi connectivity index (χ0n) is 20.0. The van der Waals surface area contributed by atoms with E-state index in [4.69, 9.17) is 4.42 Å². The lowest BCUT2D eigenvalue weighted by Crippen LogP contribution is -2.27. The number of hydrogen-bond donors (Lipinski definition) is 1. The van der Waals surface area contributed by atoms with Crippen LogP contribution < -0.4 is 5.32 Å². The molecule has 0 fully saturated rings. The molecule has 0 saturated carbocycles. The minimum Gasteiger partial charge on any atom is -0.447 e. The second-order valence-corrected chi connectivity index (χ2v) is 8.71. The molecule has 1 atom stereocenters. The smallest absolute Gasteiger partial charge is 0.416 e. The molecular weight excluding hydrogens is 486 g/mol. The summed E-state index contributed by atoms with van der Waals surface area (Å²) in [6, 6.07) is 20.2. The summed E-state index contributed by atoms with van der Waals surface area (Å²) in [5.41, 5.74) is 1.32. The molecule has 1 aromatic heterocycles. The molecule has 0 aliphatic heterocycles. The van der Waals surface area contributed by atoms with Crippen molar-refractivity contribution < 1.29 is 26.8 Å². The third-order valence-corrected chi connectivity index (χ3v) is 5.75. The third kappa shape index (κ3) is 7.27. The fraction of sp³-hybridized carbons (Fsp3) is 0.214. The summed E-state index contributed by atoms with van der Waals surface area (Å²) >= 11 is 0. The summed E-state index contributed by atoms with van der Waals surface area (Å²) < 4.78 is 58.9. The Labute approximate surface area is 211 Å². The van der Waals surface area contributed by atoms with E-state index in [2.05, 4.69) is 10.3 Å². The van der Waals surface area contributed by atoms with Crippen molar-refractivity contribution in [3.63, 3.8) is 0 Å². The predicted octanol–water partition coefficient (Wildman–Crippen LogP) is 6.53. The number of amides is 1. The lowest BCUT2D eigenvalue weighted by Gasteiger charge is -2.21. The van der Waals surface area contributed by atoms with E-state index >= 15 is 0 Å². The second kappa shape index (κ2) is 11.4. The number of hydrogen-bond acceptors (Lipinski definition) is 4. The Morgan fingerprint density at radius 2 is 1.62 bits per heavy atom. The highest BCUT2D eigenvalue weighted by molar-refractivity contribution is 5.92. The number of carbonyl (C=O) groups excluding carboxylic acids is 1. The predicted molar refractivity (Wildman–Crippen MR) is 130 cm³/mol. The van der Waals surface area contributed by atoms with Crippen molar-refractivity contribution in [2.75, 3.05) is 0 Å². The van der Waals surface area contributed by atoms with Gasteiger partial charge in [0.2, 0.25) is 5.89 Å². The lowest BCUT2D eigenvalue weighted by atomic mass is 10.1. The summed E-state index contributed by atoms with van der Waals surface area (Å²) in [5.74, 6) is -0.624. The lowest BCUT2D eigenvalue weighted by molar-refractivity contribution is -0.137. The van der Waals surface area contributed by atoms with E-state index in [9.17, 15) is 22.4 Å². The van der Waals surface area contributed by atoms with Gasteiger partial charge in [-0.15, -0.1) is 0 Å². The summed E-state index contributed by atoms with van der Waals surface area (Å²) in [5, 5.41) is 2.86. The molecule has 4 aromatic rings. The van der Waals surface area contributed by atoms with Crippen molar-refractivity contribution in [1.29, 1.82) is 0 Å². The monoisotopic (exact) mass is 511 g/mol. The molecule has 3 aromatic carbocycles. The molecular formula is C28H25F4N3O2. The number of alkyl halides is 3. The molecule has 5 nitrogen and oxygen atoms in total. The maximum Gasteiger partial charge on any atom is 0.416 e. The first-order valence-electron chi connectivity index (χ1n) is 11.6. The van der Waals surface area contributed by atoms with Crippen molar-refractivity contribution in [2.45, 2.75) is 38.8 Å². The number of rotatable bonds is 9. The molecule has 0 radical (unpaired) electrons. The van der Waals surface area contributed by atoms with E-state index in [0.717, 1.165) is 17.7 Å². The van der Waals surface area contributed by atoms with E-state index < -0.39 is 23.5 Å². The van der Waals surface area contributed by atoms with Gasteiger partial charge >= 0.3 is 6.18 Å². The van der Waals surface area contributed by atoms with Crippen molar-refractivity contribution in [1.82, 2.24) is 15.2 Å². The van der Waals surface area contributed by atoms with Crippen LogP contribution in [0.15, 0.2) is 89.5 Å². The average Bonchev–Trinajstić information content (AvgIpc) is 3.33. The number of carbonyl (C=O) groups is 1. The maximum absolute atomic E-state index is 13.8. The Balaban J connectivity index is 1.50. The van der Waals surface area contributed by atoms with Crippen LogP contribution in [0.4, 0.5) is 17.6 Å². The van der Waals surface area contributed by atoms with Crippen LogP contribution in [0.5, 0.6) is 0 Å². The molecule has 1 amide bonds. The third-order valence-electron chi connectivity index (χ3n) is 5.75. The van der Waals surface area contributed by atoms with Gasteiger partial charge in [0.1, 0.15) is 12.1 Å². The highest BCUT2D eigenvalue weighted by atomic mass is 19.4. The summed E-state index contributed by atoms with van der Waals surface area (Å²) in [7, 11) is 0. The second-order valence-electron chi connectivity index (χ2n) is 8.71. The Morgan fingerprint density at radius 3 is 2.30 bits per heavy atom. The molecule has 0 bridgehead atoms. The van der Waals surface area contributed by atoms with Crippen LogP contribution in [-0.4, -0.2) is 15.8 Å². The first kappa shape index (κ1) is 26.1. The van der Waals surface area contributed by atoms with E-state index in [-0.39, 0.29) is 37.3 Å². The standard InChI is InChI=1S/C28H25F4N3O2/c1-19(22-9-3-2-4-10-22)33-27(36)25-18-37-26(34-25)17-35(16-21-8-6-12-24(29)14-21)15-20-7-5-11-23(13-20)28(30,31)32/h2-14,18-19H,15-17H2,1H3,(H,33,36). The SMILES string of the molecule is CC(NC(=O)c1coc(CN(Cc2cccc(F)c2)Cc2cccc(C(F)(F)F)c2)n1)c1ccccc1. The molecule has 0 saturated heterocycles. The van der Waals surface area contributed by atoms with Crippen molar-refractivity contribution in [3.8, 4) is 0 Å². The van der Waals surface area contributed by atoms with Crippen LogP contribution in [0.2, 0.25) is 0 Å². The van der Waals surface area contributed by atoms with Crippen LogP contribution in [0.25, 0.3) is 0 Å². The number of nitrogens with one attached hydrogen (secondary N) is 1. The normalized spacial score (nSPS) is 12.5. The Kier molecular flexibility index (Phi) is 8.03. The molecule has 0 spiro atoms. The van der Waals surface area contributed by atoms with E-state index in [1.807, 2.05) is 37.3 Å². The van der Waals surface area contributed by atoms with Gasteiger partial charge in [-0.05, 0) is 41.8 Å². The maximum atomic E-state index is 13.8. The first-order chi connectivity index (χ1) is 17.7. The Hall–Kier alpha value is -3.98. The minimum atomic E-state index is -4.47. The highest BCUT2D eigenvalue weighted by Gasteiger charge is 2.30. The molecule has 0 aliphatic rings. The average molecular weight is 512 g/mol. The van der Waals surface area contributed by atoms with Gasteiger partial charge < -0.3 is 9.73 Å². The van der Waals surface area contributed by atoms with Crippen LogP contribution in [0.3, 0.4) is 0 Å². The molecule has 37 heavy (non-hydrogen) atoms. The first-order valence-corrected chi connectivity index (χ1v) is 11.6. The van der Waals surface area contributed by atoms with E-state index in [1.165, 1.54) is 24.5 Å². The molecule has 4 rings (SSSR count). The fourth-order valence-electron chi connectivity index (χ4n) is 3.94. The van der Waals surface area contributed by atoms with Crippen molar-refractivity contribution >= 4 is 5.91 Å². The summed E-state index contributed by atoms with van der Waals surface area (Å²) in [4.78, 5) is 18.7. The summed E-state index contributed by atoms with van der Waals surface area (Å²) in [6.45, 7) is 2.29. The van der Waals surface area contributed by atoms with Crippen molar-refractivity contribution in [3.05, 3.63) is 125 Å². The van der Waals surface area contributed by atoms with Gasteiger partial charge in [-0.3, -0.25) is 9.69 Å². The quantitative estimate of drug-likeness (QED) is 0.260. The summed E-state index contributed by atoms with van der Waals surface area (Å²) in [6.07, 6.45) is -3.22. The molecule has 9 heteroatoms. The zero-order chi connectivity index (χ0) is 26.4. The van der Waals surface area contributed by atoms with Crippen molar-refractivity contribution in [2.24, 2.45) is 0 Å². The van der Waals surface area contributed by atoms with Gasteiger partial charge in [0.25, 0.3) is 5.91 Å². The van der Waals surface area contributed by atoms with Crippen LogP contribution in [-0.2, 0) is 25.8 Å². The number of benzene rings is 3. The number of nitrogens with zero attached hydrogens (tertiary/aromatic N) is 2. The van der Waals surface area contributed by atoms with Gasteiger partial charge in [0, 0.05) is 13.1 Å². The largest absolute Gasteiger partial charge is 0.447 e. The molecule has 1 heterocycles. The highest BCUT2D eigenvalue weighted by Crippen LogP contribution is 2.30. The molecule has 192 valence electrons. The number of oxazole rings is 1. The molecule has 0 aliphatic carbocycles. The zero-order valence-corrected chi connectivity index (χ0v) is 20.0.